The zero-order valence-corrected chi connectivity index (χ0v) is 14.3. The number of rotatable bonds is 6. The van der Waals surface area contributed by atoms with Crippen LogP contribution in [0.1, 0.15) is 10.4 Å². The molecular weight excluding hydrogens is 350 g/mol. The van der Waals surface area contributed by atoms with E-state index in [1.54, 1.807) is 18.2 Å². The van der Waals surface area contributed by atoms with Crippen molar-refractivity contribution in [3.8, 4) is 17.2 Å². The number of carbonyl (C=O) groups is 2. The van der Waals surface area contributed by atoms with Gasteiger partial charge in [0.15, 0.2) is 18.1 Å². The van der Waals surface area contributed by atoms with Gasteiger partial charge in [-0.05, 0) is 30.3 Å². The van der Waals surface area contributed by atoms with Gasteiger partial charge in [-0.2, -0.15) is 0 Å². The molecule has 1 amide bonds. The molecule has 2 N–H and O–H groups in total. The molecule has 0 radical (unpaired) electrons. The summed E-state index contributed by atoms with van der Waals surface area (Å²) in [4.78, 5) is 23.8. The fraction of sp³-hybridized carbons (Fsp3) is 0.176. The van der Waals surface area contributed by atoms with E-state index in [2.05, 4.69) is 5.32 Å². The molecular formula is C17H16ClNO6. The lowest BCUT2D eigenvalue weighted by atomic mass is 10.2. The Morgan fingerprint density at radius 2 is 1.80 bits per heavy atom. The van der Waals surface area contributed by atoms with Gasteiger partial charge in [0, 0.05) is 16.8 Å². The lowest BCUT2D eigenvalue weighted by Gasteiger charge is -2.11. The Hall–Kier alpha value is -2.93. The molecule has 132 valence electrons. The van der Waals surface area contributed by atoms with Crippen LogP contribution in [0.4, 0.5) is 5.69 Å². The Bertz CT molecular complexity index is 793. The van der Waals surface area contributed by atoms with Gasteiger partial charge in [0.25, 0.3) is 5.91 Å². The molecule has 0 heterocycles. The van der Waals surface area contributed by atoms with Crippen LogP contribution in [0.25, 0.3) is 0 Å². The summed E-state index contributed by atoms with van der Waals surface area (Å²) in [5, 5.41) is 12.5. The van der Waals surface area contributed by atoms with Crippen molar-refractivity contribution in [2.45, 2.75) is 0 Å². The van der Waals surface area contributed by atoms with E-state index in [-0.39, 0.29) is 16.3 Å². The molecule has 0 aliphatic heterocycles. The highest BCUT2D eigenvalue weighted by atomic mass is 35.5. The van der Waals surface area contributed by atoms with Gasteiger partial charge in [0.2, 0.25) is 0 Å². The first kappa shape index (κ1) is 18.4. The Labute approximate surface area is 149 Å². The van der Waals surface area contributed by atoms with Crippen molar-refractivity contribution in [2.75, 3.05) is 26.1 Å². The smallest absolute Gasteiger partial charge is 0.342 e. The zero-order valence-electron chi connectivity index (χ0n) is 13.5. The second kappa shape index (κ2) is 8.25. The molecule has 0 aromatic heterocycles. The maximum Gasteiger partial charge on any atom is 0.342 e. The number of carbonyl (C=O) groups excluding carboxylic acids is 2. The van der Waals surface area contributed by atoms with Gasteiger partial charge in [-0.25, -0.2) is 4.79 Å². The molecule has 8 heteroatoms. The van der Waals surface area contributed by atoms with Crippen LogP contribution in [0, 0.1) is 0 Å². The fourth-order valence-electron chi connectivity index (χ4n) is 2.00. The van der Waals surface area contributed by atoms with Crippen molar-refractivity contribution in [1.29, 1.82) is 0 Å². The van der Waals surface area contributed by atoms with E-state index in [0.717, 1.165) is 0 Å². The fourth-order valence-corrected chi connectivity index (χ4v) is 2.16. The lowest BCUT2D eigenvalue weighted by molar-refractivity contribution is -0.119. The van der Waals surface area contributed by atoms with Crippen LogP contribution < -0.4 is 14.8 Å². The monoisotopic (exact) mass is 365 g/mol. The van der Waals surface area contributed by atoms with Crippen LogP contribution >= 0.6 is 11.6 Å². The minimum Gasteiger partial charge on any atom is -0.507 e. The molecule has 2 aromatic carbocycles. The Balaban J connectivity index is 1.95. The Morgan fingerprint density at radius 1 is 1.08 bits per heavy atom. The maximum atomic E-state index is 11.9. The zero-order chi connectivity index (χ0) is 18.4. The summed E-state index contributed by atoms with van der Waals surface area (Å²) in [5.41, 5.74) is 0.372. The van der Waals surface area contributed by atoms with Gasteiger partial charge < -0.3 is 24.6 Å². The summed E-state index contributed by atoms with van der Waals surface area (Å²) < 4.78 is 15.1. The minimum absolute atomic E-state index is 0.0803. The van der Waals surface area contributed by atoms with Crippen molar-refractivity contribution < 1.29 is 28.9 Å². The third-order valence-corrected chi connectivity index (χ3v) is 3.42. The van der Waals surface area contributed by atoms with Crippen molar-refractivity contribution >= 4 is 29.2 Å². The number of esters is 1. The number of benzene rings is 2. The number of aromatic hydroxyl groups is 1. The molecule has 2 rings (SSSR count). The van der Waals surface area contributed by atoms with Gasteiger partial charge >= 0.3 is 5.97 Å². The van der Waals surface area contributed by atoms with E-state index in [4.69, 9.17) is 25.8 Å². The second-order valence-corrected chi connectivity index (χ2v) is 5.29. The minimum atomic E-state index is -0.836. The van der Waals surface area contributed by atoms with Crippen molar-refractivity contribution in [2.24, 2.45) is 0 Å². The van der Waals surface area contributed by atoms with Crippen LogP contribution in [0.15, 0.2) is 36.4 Å². The van der Waals surface area contributed by atoms with Crippen LogP contribution in [-0.4, -0.2) is 37.8 Å². The Kier molecular flexibility index (Phi) is 6.08. The number of anilines is 1. The normalized spacial score (nSPS) is 10.0. The summed E-state index contributed by atoms with van der Waals surface area (Å²) in [5.74, 6) is -0.739. The molecule has 2 aromatic rings. The third-order valence-electron chi connectivity index (χ3n) is 3.18. The van der Waals surface area contributed by atoms with Gasteiger partial charge in [0.1, 0.15) is 11.3 Å². The maximum absolute atomic E-state index is 11.9. The SMILES string of the molecule is COc1ccc(NC(=O)COC(=O)c2ccc(Cl)cc2O)cc1OC. The van der Waals surface area contributed by atoms with E-state index >= 15 is 0 Å². The molecule has 0 fully saturated rings. The number of ether oxygens (including phenoxy) is 3. The topological polar surface area (TPSA) is 94.1 Å². The van der Waals surface area contributed by atoms with Gasteiger partial charge in [-0.1, -0.05) is 11.6 Å². The van der Waals surface area contributed by atoms with E-state index < -0.39 is 18.5 Å². The predicted octanol–water partition coefficient (Wildman–Crippen LogP) is 2.86. The van der Waals surface area contributed by atoms with Gasteiger partial charge in [-0.3, -0.25) is 4.79 Å². The number of halogens is 1. The molecule has 0 bridgehead atoms. The number of phenols is 1. The molecule has 0 spiro atoms. The van der Waals surface area contributed by atoms with E-state index in [0.29, 0.717) is 17.2 Å². The van der Waals surface area contributed by atoms with E-state index in [9.17, 15) is 14.7 Å². The molecule has 0 unspecified atom stereocenters. The largest absolute Gasteiger partial charge is 0.507 e. The Morgan fingerprint density at radius 3 is 2.44 bits per heavy atom. The first-order valence-corrected chi connectivity index (χ1v) is 7.50. The summed E-state index contributed by atoms with van der Waals surface area (Å²) in [6, 6.07) is 8.78. The van der Waals surface area contributed by atoms with Crippen molar-refractivity contribution in [3.05, 3.63) is 47.0 Å². The molecule has 0 saturated heterocycles. The second-order valence-electron chi connectivity index (χ2n) is 4.86. The van der Waals surface area contributed by atoms with E-state index in [1.807, 2.05) is 0 Å². The summed E-state index contributed by atoms with van der Waals surface area (Å²) >= 11 is 5.69. The highest BCUT2D eigenvalue weighted by molar-refractivity contribution is 6.30. The lowest BCUT2D eigenvalue weighted by Crippen LogP contribution is -2.21. The highest BCUT2D eigenvalue weighted by Crippen LogP contribution is 2.29. The van der Waals surface area contributed by atoms with Gasteiger partial charge in [0.05, 0.1) is 14.2 Å². The molecule has 25 heavy (non-hydrogen) atoms. The van der Waals surface area contributed by atoms with Crippen LogP contribution in [0.3, 0.4) is 0 Å². The average molecular weight is 366 g/mol. The molecule has 0 aliphatic carbocycles. The van der Waals surface area contributed by atoms with Crippen molar-refractivity contribution in [1.82, 2.24) is 0 Å². The predicted molar refractivity (Wildman–Crippen MR) is 91.6 cm³/mol. The first-order valence-electron chi connectivity index (χ1n) is 7.12. The van der Waals surface area contributed by atoms with Crippen LogP contribution in [0.5, 0.6) is 17.2 Å². The van der Waals surface area contributed by atoms with E-state index in [1.165, 1.54) is 32.4 Å². The van der Waals surface area contributed by atoms with Crippen LogP contribution in [-0.2, 0) is 9.53 Å². The van der Waals surface area contributed by atoms with Gasteiger partial charge in [-0.15, -0.1) is 0 Å². The number of nitrogens with one attached hydrogen (secondary N) is 1. The van der Waals surface area contributed by atoms with Crippen LogP contribution in [0.2, 0.25) is 5.02 Å². The summed E-state index contributed by atoms with van der Waals surface area (Å²) in [7, 11) is 2.98. The molecule has 7 nitrogen and oxygen atoms in total. The number of amides is 1. The number of hydrogen-bond acceptors (Lipinski definition) is 6. The molecule has 0 saturated carbocycles. The third kappa shape index (κ3) is 4.77. The highest BCUT2D eigenvalue weighted by Gasteiger charge is 2.15. The molecule has 0 atom stereocenters. The number of phenolic OH excluding ortho intramolecular Hbond substituents is 1. The quantitative estimate of drug-likeness (QED) is 0.764. The average Bonchev–Trinajstić information content (AvgIpc) is 2.59. The molecule has 0 aliphatic rings. The first-order chi connectivity index (χ1) is 11.9. The number of methoxy groups -OCH3 is 2. The standard InChI is InChI=1S/C17H16ClNO6/c1-23-14-6-4-11(8-15(14)24-2)19-16(21)9-25-17(22)12-5-3-10(18)7-13(12)20/h3-8,20H,9H2,1-2H3,(H,19,21). The number of hydrogen-bond donors (Lipinski definition) is 2. The van der Waals surface area contributed by atoms with Crippen molar-refractivity contribution in [3.63, 3.8) is 0 Å². The summed E-state index contributed by atoms with van der Waals surface area (Å²) in [6.07, 6.45) is 0. The summed E-state index contributed by atoms with van der Waals surface area (Å²) in [6.45, 7) is -0.519.